The molecular formula is C5H9F2O2. The molecule has 0 aliphatic carbocycles. The molecule has 4 heteroatoms. The van der Waals surface area contributed by atoms with Crippen LogP contribution >= 0.6 is 0 Å². The normalized spacial score (nSPS) is 18.0. The molecule has 1 radical (unpaired) electrons. The first-order valence-electron chi connectivity index (χ1n) is 2.64. The first-order chi connectivity index (χ1) is 4.09. The van der Waals surface area contributed by atoms with Crippen LogP contribution in [0, 0.1) is 5.92 Å². The van der Waals surface area contributed by atoms with E-state index < -0.39 is 25.1 Å². The second-order valence-corrected chi connectivity index (χ2v) is 1.93. The molecular weight excluding hydrogens is 130 g/mol. The van der Waals surface area contributed by atoms with Gasteiger partial charge in [-0.2, -0.15) is 0 Å². The van der Waals surface area contributed by atoms with Crippen LogP contribution in [0.2, 0.25) is 0 Å². The van der Waals surface area contributed by atoms with Crippen LogP contribution in [0.4, 0.5) is 8.78 Å². The maximum absolute atomic E-state index is 11.6. The monoisotopic (exact) mass is 139 g/mol. The van der Waals surface area contributed by atoms with Crippen molar-refractivity contribution in [2.24, 2.45) is 5.92 Å². The van der Waals surface area contributed by atoms with E-state index in [9.17, 15) is 13.9 Å². The van der Waals surface area contributed by atoms with E-state index in [-0.39, 0.29) is 0 Å². The molecule has 0 saturated heterocycles. The van der Waals surface area contributed by atoms with Crippen molar-refractivity contribution >= 4 is 0 Å². The minimum atomic E-state index is -2.60. The molecule has 0 heterocycles. The second kappa shape index (κ2) is 3.74. The molecule has 0 bridgehead atoms. The zero-order chi connectivity index (χ0) is 7.44. The Morgan fingerprint density at radius 3 is 2.11 bits per heavy atom. The fourth-order valence-corrected chi connectivity index (χ4v) is 0.320. The fourth-order valence-electron chi connectivity index (χ4n) is 0.320. The van der Waals surface area contributed by atoms with Crippen molar-refractivity contribution < 1.29 is 19.0 Å². The van der Waals surface area contributed by atoms with E-state index in [0.717, 1.165) is 6.92 Å². The number of halogens is 2. The highest BCUT2D eigenvalue weighted by molar-refractivity contribution is 4.63. The highest BCUT2D eigenvalue weighted by Crippen LogP contribution is 2.12. The molecule has 0 aliphatic heterocycles. The van der Waals surface area contributed by atoms with Crippen molar-refractivity contribution in [2.75, 3.05) is 6.61 Å². The lowest BCUT2D eigenvalue weighted by Crippen LogP contribution is -2.26. The minimum Gasteiger partial charge on any atom is -0.390 e. The summed E-state index contributed by atoms with van der Waals surface area (Å²) in [5, 5.41) is 18.3. The van der Waals surface area contributed by atoms with Crippen LogP contribution in [-0.2, 0) is 5.11 Å². The molecule has 2 atom stereocenters. The summed E-state index contributed by atoms with van der Waals surface area (Å²) in [6.07, 6.45) is -4.01. The number of rotatable bonds is 3. The van der Waals surface area contributed by atoms with Crippen molar-refractivity contribution in [2.45, 2.75) is 19.5 Å². The molecule has 0 aliphatic rings. The molecule has 0 aromatic carbocycles. The largest absolute Gasteiger partial charge is 0.390 e. The van der Waals surface area contributed by atoms with Crippen molar-refractivity contribution in [3.63, 3.8) is 0 Å². The van der Waals surface area contributed by atoms with Crippen LogP contribution in [0.15, 0.2) is 0 Å². The topological polar surface area (TPSA) is 40.1 Å². The zero-order valence-corrected chi connectivity index (χ0v) is 5.05. The molecule has 0 amide bonds. The summed E-state index contributed by atoms with van der Waals surface area (Å²) < 4.78 is 23.1. The molecule has 9 heavy (non-hydrogen) atoms. The molecule has 2 unspecified atom stereocenters. The van der Waals surface area contributed by atoms with Gasteiger partial charge in [0.15, 0.2) is 0 Å². The fraction of sp³-hybridized carbons (Fsp3) is 1.00. The van der Waals surface area contributed by atoms with Crippen molar-refractivity contribution in [3.05, 3.63) is 0 Å². The standard InChI is InChI=1S/C5H9F2O2/c1-3(5(6)7)4(9)2-8/h3-5,9H,2H2,1H3. The summed E-state index contributed by atoms with van der Waals surface area (Å²) in [6.45, 7) is 0.290. The Morgan fingerprint density at radius 1 is 1.56 bits per heavy atom. The highest BCUT2D eigenvalue weighted by Gasteiger charge is 2.22. The van der Waals surface area contributed by atoms with Gasteiger partial charge in [0.1, 0.15) is 6.61 Å². The van der Waals surface area contributed by atoms with Crippen LogP contribution in [-0.4, -0.2) is 24.2 Å². The lowest BCUT2D eigenvalue weighted by Gasteiger charge is -2.13. The molecule has 2 nitrogen and oxygen atoms in total. The Bertz CT molecular complexity index is 77.4. The first-order valence-corrected chi connectivity index (χ1v) is 2.64. The van der Waals surface area contributed by atoms with E-state index in [4.69, 9.17) is 5.11 Å². The Labute approximate surface area is 52.1 Å². The Kier molecular flexibility index (Phi) is 3.65. The molecule has 1 N–H and O–H groups in total. The third-order valence-corrected chi connectivity index (χ3v) is 1.18. The van der Waals surface area contributed by atoms with E-state index in [0.29, 0.717) is 0 Å². The SMILES string of the molecule is CC(C(F)F)C(O)C[O]. The second-order valence-electron chi connectivity index (χ2n) is 1.93. The molecule has 0 rings (SSSR count). The smallest absolute Gasteiger partial charge is 0.243 e. The van der Waals surface area contributed by atoms with Gasteiger partial charge in [-0.25, -0.2) is 13.9 Å². The first kappa shape index (κ1) is 8.78. The van der Waals surface area contributed by atoms with Gasteiger partial charge in [-0.15, -0.1) is 0 Å². The lowest BCUT2D eigenvalue weighted by molar-refractivity contribution is -0.0383. The van der Waals surface area contributed by atoms with E-state index in [1.165, 1.54) is 0 Å². The summed E-state index contributed by atoms with van der Waals surface area (Å²) in [4.78, 5) is 0. The minimum absolute atomic E-state index is 0.856. The van der Waals surface area contributed by atoms with Gasteiger partial charge in [0.25, 0.3) is 0 Å². The predicted octanol–water partition coefficient (Wildman–Crippen LogP) is 0.679. The highest BCUT2D eigenvalue weighted by atomic mass is 19.3. The van der Waals surface area contributed by atoms with Crippen molar-refractivity contribution in [1.29, 1.82) is 0 Å². The van der Waals surface area contributed by atoms with Gasteiger partial charge in [-0.1, -0.05) is 6.92 Å². The Balaban J connectivity index is 3.58. The van der Waals surface area contributed by atoms with E-state index in [2.05, 4.69) is 0 Å². The van der Waals surface area contributed by atoms with Crippen LogP contribution in [0.5, 0.6) is 0 Å². The average Bonchev–Trinajstić information content (AvgIpc) is 1.84. The molecule has 0 saturated carbocycles. The maximum atomic E-state index is 11.6. The van der Waals surface area contributed by atoms with Gasteiger partial charge in [0.2, 0.25) is 6.43 Å². The molecule has 0 fully saturated rings. The number of hydrogen-bond donors (Lipinski definition) is 1. The number of aliphatic hydroxyl groups excluding tert-OH is 1. The van der Waals surface area contributed by atoms with Gasteiger partial charge in [-0.05, 0) is 0 Å². The lowest BCUT2D eigenvalue weighted by atomic mass is 10.1. The maximum Gasteiger partial charge on any atom is 0.243 e. The van der Waals surface area contributed by atoms with Crippen molar-refractivity contribution in [3.8, 4) is 0 Å². The van der Waals surface area contributed by atoms with Crippen molar-refractivity contribution in [1.82, 2.24) is 0 Å². The summed E-state index contributed by atoms with van der Waals surface area (Å²) in [7, 11) is 0. The van der Waals surface area contributed by atoms with E-state index in [1.54, 1.807) is 0 Å². The summed E-state index contributed by atoms with van der Waals surface area (Å²) in [5.74, 6) is -1.21. The number of hydrogen-bond acceptors (Lipinski definition) is 1. The number of alkyl halides is 2. The van der Waals surface area contributed by atoms with Crippen LogP contribution in [0.1, 0.15) is 6.92 Å². The summed E-state index contributed by atoms with van der Waals surface area (Å²) >= 11 is 0. The molecule has 0 aromatic heterocycles. The van der Waals surface area contributed by atoms with Crippen LogP contribution < -0.4 is 0 Å². The van der Waals surface area contributed by atoms with E-state index >= 15 is 0 Å². The predicted molar refractivity (Wildman–Crippen MR) is 26.7 cm³/mol. The summed E-state index contributed by atoms with van der Waals surface area (Å²) in [6, 6.07) is 0. The molecule has 0 spiro atoms. The van der Waals surface area contributed by atoms with E-state index in [1.807, 2.05) is 0 Å². The third kappa shape index (κ3) is 2.72. The van der Waals surface area contributed by atoms with Gasteiger partial charge in [-0.3, -0.25) is 0 Å². The van der Waals surface area contributed by atoms with Gasteiger partial charge < -0.3 is 5.11 Å². The quantitative estimate of drug-likeness (QED) is 0.613. The molecule has 55 valence electrons. The van der Waals surface area contributed by atoms with Gasteiger partial charge in [0.05, 0.1) is 6.10 Å². The van der Waals surface area contributed by atoms with Gasteiger partial charge in [0, 0.05) is 5.92 Å². The number of aliphatic hydroxyl groups is 1. The van der Waals surface area contributed by atoms with Crippen LogP contribution in [0.25, 0.3) is 0 Å². The van der Waals surface area contributed by atoms with Gasteiger partial charge >= 0.3 is 0 Å². The Morgan fingerprint density at radius 2 is 2.00 bits per heavy atom. The zero-order valence-electron chi connectivity index (χ0n) is 5.05. The third-order valence-electron chi connectivity index (χ3n) is 1.18. The molecule has 0 aromatic rings. The van der Waals surface area contributed by atoms with Crippen LogP contribution in [0.3, 0.4) is 0 Å². The average molecular weight is 139 g/mol. The Hall–Kier alpha value is -0.220. The summed E-state index contributed by atoms with van der Waals surface area (Å²) in [5.41, 5.74) is 0.